The molecule has 13 nitrogen and oxygen atoms in total. The zero-order valence-electron chi connectivity index (χ0n) is 21.9. The minimum Gasteiger partial charge on any atom is -0.479 e. The van der Waals surface area contributed by atoms with Crippen molar-refractivity contribution in [2.45, 2.75) is 69.4 Å². The molecular weight excluding hydrogens is 532 g/mol. The number of amides is 1. The second kappa shape index (κ2) is 13.8. The number of ether oxygens (including phenoxy) is 2. The number of hydrogen-bond donors (Lipinski definition) is 4. The molecule has 3 fully saturated rings. The Balaban J connectivity index is 0.000000303. The van der Waals surface area contributed by atoms with E-state index in [1.165, 1.54) is 24.1 Å². The number of hydrogen-bond acceptors (Lipinski definition) is 11. The lowest BCUT2D eigenvalue weighted by Gasteiger charge is -2.41. The Labute approximate surface area is 230 Å². The van der Waals surface area contributed by atoms with E-state index in [2.05, 4.69) is 9.80 Å². The first-order chi connectivity index (χ1) is 18.7. The van der Waals surface area contributed by atoms with E-state index in [0.717, 1.165) is 82.1 Å². The number of carboxylic acids is 2. The van der Waals surface area contributed by atoms with Gasteiger partial charge in [0.05, 0.1) is 36.9 Å². The fourth-order valence-electron chi connectivity index (χ4n) is 5.01. The maximum atomic E-state index is 12.7. The van der Waals surface area contributed by atoms with Gasteiger partial charge in [-0.05, 0) is 25.7 Å². The van der Waals surface area contributed by atoms with Gasteiger partial charge < -0.3 is 39.7 Å². The van der Waals surface area contributed by atoms with Crippen LogP contribution >= 0.6 is 11.3 Å². The predicted octanol–water partition coefficient (Wildman–Crippen LogP) is -0.367. The van der Waals surface area contributed by atoms with E-state index in [4.69, 9.17) is 34.9 Å². The molecule has 0 spiro atoms. The van der Waals surface area contributed by atoms with Crippen molar-refractivity contribution in [3.63, 3.8) is 0 Å². The van der Waals surface area contributed by atoms with Gasteiger partial charge >= 0.3 is 11.9 Å². The highest BCUT2D eigenvalue weighted by Gasteiger charge is 2.31. The molecule has 4 N–H and O–H groups in total. The van der Waals surface area contributed by atoms with Crippen LogP contribution in [0.2, 0.25) is 0 Å². The zero-order valence-corrected chi connectivity index (χ0v) is 22.8. The van der Waals surface area contributed by atoms with Crippen LogP contribution in [0.1, 0.15) is 42.7 Å². The Kier molecular flexibility index (Phi) is 10.5. The van der Waals surface area contributed by atoms with Crippen molar-refractivity contribution in [3.05, 3.63) is 10.6 Å². The molecule has 1 saturated carbocycles. The van der Waals surface area contributed by atoms with E-state index in [1.54, 1.807) is 11.3 Å². The minimum absolute atomic E-state index is 0.219. The first kappa shape index (κ1) is 29.6. The first-order valence-corrected chi connectivity index (χ1v) is 14.3. The quantitative estimate of drug-likeness (QED) is 0.320. The van der Waals surface area contributed by atoms with Crippen molar-refractivity contribution in [2.75, 3.05) is 52.5 Å². The van der Waals surface area contributed by atoms with E-state index < -0.39 is 24.1 Å². The van der Waals surface area contributed by atoms with Crippen LogP contribution in [0.4, 0.5) is 0 Å². The molecule has 4 heterocycles. The molecule has 1 aromatic heterocycles. The lowest BCUT2D eigenvalue weighted by molar-refractivity contribution is -0.165. The minimum atomic E-state index is -2.27. The molecule has 2 atom stereocenters. The number of fused-ring (bicyclic) bond motifs is 1. The van der Waals surface area contributed by atoms with Crippen LogP contribution in [0.15, 0.2) is 0 Å². The number of piperidine rings is 1. The Bertz CT molecular complexity index is 972. The van der Waals surface area contributed by atoms with E-state index in [-0.39, 0.29) is 12.0 Å². The Morgan fingerprint density at radius 1 is 0.974 bits per heavy atom. The van der Waals surface area contributed by atoms with E-state index in [0.29, 0.717) is 13.1 Å². The summed E-state index contributed by atoms with van der Waals surface area (Å²) in [6.45, 7) is 7.42. The molecule has 14 heteroatoms. The molecule has 1 aromatic rings. The number of aromatic nitrogens is 1. The number of carbonyl (C=O) groups is 3. The van der Waals surface area contributed by atoms with E-state index >= 15 is 0 Å². The summed E-state index contributed by atoms with van der Waals surface area (Å²) in [4.78, 5) is 45.0. The summed E-state index contributed by atoms with van der Waals surface area (Å²) in [5.41, 5.74) is 1.13. The van der Waals surface area contributed by atoms with Gasteiger partial charge in [0.1, 0.15) is 6.10 Å². The van der Waals surface area contributed by atoms with Crippen molar-refractivity contribution in [1.29, 1.82) is 0 Å². The van der Waals surface area contributed by atoms with Gasteiger partial charge in [-0.3, -0.25) is 9.69 Å². The number of likely N-dealkylation sites (tertiary alicyclic amines) is 1. The number of thiazole rings is 1. The predicted molar refractivity (Wildman–Crippen MR) is 139 cm³/mol. The van der Waals surface area contributed by atoms with Gasteiger partial charge in [-0.2, -0.15) is 0 Å². The van der Waals surface area contributed by atoms with Gasteiger partial charge in [0.25, 0.3) is 5.19 Å². The van der Waals surface area contributed by atoms with Crippen LogP contribution in [-0.4, -0.2) is 135 Å². The normalized spacial score (nSPS) is 22.6. The second-order valence-electron chi connectivity index (χ2n) is 10.3. The van der Waals surface area contributed by atoms with Crippen LogP contribution in [-0.2, 0) is 32.1 Å². The van der Waals surface area contributed by atoms with Crippen LogP contribution in [0.25, 0.3) is 0 Å². The van der Waals surface area contributed by atoms with Crippen LogP contribution < -0.4 is 4.74 Å². The van der Waals surface area contributed by atoms with Gasteiger partial charge in [0, 0.05) is 45.2 Å². The summed E-state index contributed by atoms with van der Waals surface area (Å²) in [5.74, 6) is -3.32. The molecule has 0 aromatic carbocycles. The summed E-state index contributed by atoms with van der Waals surface area (Å²) in [7, 11) is 0. The van der Waals surface area contributed by atoms with Gasteiger partial charge in [-0.25, -0.2) is 14.6 Å². The number of aliphatic hydroxyl groups excluding tert-OH is 2. The van der Waals surface area contributed by atoms with Crippen LogP contribution in [0.3, 0.4) is 0 Å². The van der Waals surface area contributed by atoms with Gasteiger partial charge in [-0.15, -0.1) is 0 Å². The summed E-state index contributed by atoms with van der Waals surface area (Å²) in [5, 5.41) is 33.3. The molecule has 218 valence electrons. The highest BCUT2D eigenvalue weighted by Crippen LogP contribution is 2.33. The molecule has 0 bridgehead atoms. The smallest absolute Gasteiger partial charge is 0.335 e. The second-order valence-corrected chi connectivity index (χ2v) is 11.4. The standard InChI is InChI=1S/C21H32N4O3S.C4H6O6/c26-20(15-23-10-12-27-13-11-23)25-9-6-18-19(14-25)29-21(22-18)28-17-4-7-24(8-5-17)16-2-1-3-16;5-1(3(7)8)2(6)4(9)10/h16-17H,1-15H2;1-2,5-6H,(H,7,8)(H,9,10). The fourth-order valence-corrected chi connectivity index (χ4v) is 6.05. The molecule has 3 aliphatic heterocycles. The number of nitrogens with zero attached hydrogens (tertiary/aromatic N) is 4. The molecule has 5 rings (SSSR count). The third-order valence-corrected chi connectivity index (χ3v) is 8.64. The molecule has 39 heavy (non-hydrogen) atoms. The number of rotatable bonds is 8. The fraction of sp³-hybridized carbons (Fsp3) is 0.760. The number of aliphatic hydroxyl groups is 2. The van der Waals surface area contributed by atoms with Crippen LogP contribution in [0, 0.1) is 0 Å². The lowest BCUT2D eigenvalue weighted by atomic mass is 9.90. The molecule has 0 radical (unpaired) electrons. The summed E-state index contributed by atoms with van der Waals surface area (Å²) < 4.78 is 11.6. The number of carboxylic acid groups (broad SMARTS) is 2. The maximum absolute atomic E-state index is 12.7. The molecule has 1 amide bonds. The summed E-state index contributed by atoms with van der Waals surface area (Å²) in [6.07, 6.45) is 2.96. The molecule has 2 unspecified atom stereocenters. The number of morpholine rings is 1. The summed E-state index contributed by atoms with van der Waals surface area (Å²) >= 11 is 1.64. The first-order valence-electron chi connectivity index (χ1n) is 13.5. The maximum Gasteiger partial charge on any atom is 0.335 e. The Hall–Kier alpha value is -2.36. The van der Waals surface area contributed by atoms with Crippen LogP contribution in [0.5, 0.6) is 5.19 Å². The van der Waals surface area contributed by atoms with Gasteiger partial charge in [0.15, 0.2) is 12.2 Å². The topological polar surface area (TPSA) is 173 Å². The van der Waals surface area contributed by atoms with E-state index in [9.17, 15) is 14.4 Å². The Morgan fingerprint density at radius 2 is 1.62 bits per heavy atom. The molecule has 2 saturated heterocycles. The SMILES string of the molecule is O=C(CN1CCOCC1)N1CCc2nc(OC3CCN(C4CCC4)CC3)sc2C1.O=C(O)C(O)C(O)C(=O)O. The van der Waals surface area contributed by atoms with Gasteiger partial charge in [0.2, 0.25) is 5.91 Å². The molecular formula is C25H38N4O9S. The van der Waals surface area contributed by atoms with Crippen molar-refractivity contribution in [1.82, 2.24) is 19.7 Å². The van der Waals surface area contributed by atoms with Crippen molar-refractivity contribution in [3.8, 4) is 5.19 Å². The summed E-state index contributed by atoms with van der Waals surface area (Å²) in [6, 6.07) is 0.837. The third-order valence-electron chi connectivity index (χ3n) is 7.67. The largest absolute Gasteiger partial charge is 0.479 e. The van der Waals surface area contributed by atoms with Gasteiger partial charge in [-0.1, -0.05) is 17.8 Å². The highest BCUT2D eigenvalue weighted by atomic mass is 32.1. The lowest BCUT2D eigenvalue weighted by Crippen LogP contribution is -2.46. The average molecular weight is 571 g/mol. The monoisotopic (exact) mass is 570 g/mol. The van der Waals surface area contributed by atoms with Crippen molar-refractivity contribution < 1.29 is 44.3 Å². The van der Waals surface area contributed by atoms with Crippen molar-refractivity contribution >= 4 is 29.2 Å². The number of aliphatic carboxylic acids is 2. The van der Waals surface area contributed by atoms with Crippen molar-refractivity contribution in [2.24, 2.45) is 0 Å². The molecule has 1 aliphatic carbocycles. The van der Waals surface area contributed by atoms with E-state index in [1.807, 2.05) is 4.90 Å². The average Bonchev–Trinajstić information content (AvgIpc) is 3.30. The number of carbonyl (C=O) groups excluding carboxylic acids is 1. The Morgan fingerprint density at radius 3 is 2.18 bits per heavy atom. The highest BCUT2D eigenvalue weighted by molar-refractivity contribution is 7.13. The third kappa shape index (κ3) is 8.08. The zero-order chi connectivity index (χ0) is 27.9. The molecule has 4 aliphatic rings.